The van der Waals surface area contributed by atoms with Gasteiger partial charge in [0.1, 0.15) is 0 Å². The Hall–Kier alpha value is -1.73. The van der Waals surface area contributed by atoms with Crippen molar-refractivity contribution in [1.29, 1.82) is 0 Å². The molecular formula is C16H18ClN5OS. The van der Waals surface area contributed by atoms with Crippen molar-refractivity contribution < 1.29 is 4.79 Å². The second-order valence-electron chi connectivity index (χ2n) is 6.23. The molecule has 8 heteroatoms. The van der Waals surface area contributed by atoms with Gasteiger partial charge in [0.15, 0.2) is 16.1 Å². The predicted molar refractivity (Wildman–Crippen MR) is 94.7 cm³/mol. The van der Waals surface area contributed by atoms with Gasteiger partial charge in [-0.15, -0.1) is 21.5 Å². The normalized spacial score (nSPS) is 20.0. The summed E-state index contributed by atoms with van der Waals surface area (Å²) in [6.45, 7) is 1.53. The van der Waals surface area contributed by atoms with E-state index in [0.717, 1.165) is 48.9 Å². The number of rotatable bonds is 3. The molecule has 126 valence electrons. The van der Waals surface area contributed by atoms with Gasteiger partial charge in [-0.2, -0.15) is 0 Å². The van der Waals surface area contributed by atoms with Gasteiger partial charge >= 0.3 is 0 Å². The number of carbonyl (C=O) groups is 1. The number of piperidine rings is 1. The van der Waals surface area contributed by atoms with E-state index in [1.807, 2.05) is 6.07 Å². The molecule has 1 aliphatic heterocycles. The molecule has 1 saturated heterocycles. The molecule has 2 aromatic rings. The van der Waals surface area contributed by atoms with Crippen molar-refractivity contribution in [3.63, 3.8) is 0 Å². The third-order valence-electron chi connectivity index (χ3n) is 4.56. The van der Waals surface area contributed by atoms with E-state index < -0.39 is 0 Å². The Morgan fingerprint density at radius 2 is 2.21 bits per heavy atom. The summed E-state index contributed by atoms with van der Waals surface area (Å²) in [6.07, 6.45) is 5.15. The van der Waals surface area contributed by atoms with Crippen LogP contribution in [0.1, 0.15) is 29.8 Å². The fourth-order valence-corrected chi connectivity index (χ4v) is 4.48. The minimum Gasteiger partial charge on any atom is -0.354 e. The van der Waals surface area contributed by atoms with Crippen molar-refractivity contribution in [2.24, 2.45) is 5.92 Å². The maximum Gasteiger partial charge on any atom is 0.231 e. The van der Waals surface area contributed by atoms with Gasteiger partial charge < -0.3 is 10.2 Å². The number of hydrogen-bond acceptors (Lipinski definition) is 6. The van der Waals surface area contributed by atoms with Crippen molar-refractivity contribution in [3.05, 3.63) is 27.9 Å². The number of fused-ring (bicyclic) bond motifs is 1. The monoisotopic (exact) mass is 363 g/mol. The molecule has 2 aromatic heterocycles. The number of nitrogens with one attached hydrogen (secondary N) is 1. The second-order valence-corrected chi connectivity index (χ2v) is 7.70. The van der Waals surface area contributed by atoms with Crippen LogP contribution < -0.4 is 10.2 Å². The summed E-state index contributed by atoms with van der Waals surface area (Å²) in [4.78, 5) is 20.6. The van der Waals surface area contributed by atoms with Crippen LogP contribution in [0, 0.1) is 5.92 Å². The van der Waals surface area contributed by atoms with E-state index in [4.69, 9.17) is 11.6 Å². The van der Waals surface area contributed by atoms with E-state index >= 15 is 0 Å². The molecule has 6 nitrogen and oxygen atoms in total. The Bertz CT molecular complexity index is 726. The van der Waals surface area contributed by atoms with Crippen molar-refractivity contribution in [2.75, 3.05) is 23.3 Å². The average molecular weight is 364 g/mol. The lowest BCUT2D eigenvalue weighted by atomic mass is 9.97. The lowest BCUT2D eigenvalue weighted by molar-refractivity contribution is -0.120. The van der Waals surface area contributed by atoms with Crippen LogP contribution in [0.25, 0.3) is 0 Å². The Morgan fingerprint density at radius 3 is 3.00 bits per heavy atom. The molecule has 1 atom stereocenters. The maximum absolute atomic E-state index is 12.6. The Kier molecular flexibility index (Phi) is 4.37. The predicted octanol–water partition coefficient (Wildman–Crippen LogP) is 2.93. The number of nitrogens with zero attached hydrogens (tertiary/aromatic N) is 4. The molecule has 1 fully saturated rings. The minimum atomic E-state index is -0.0602. The third kappa shape index (κ3) is 3.23. The van der Waals surface area contributed by atoms with E-state index in [-0.39, 0.29) is 11.8 Å². The molecule has 0 aromatic carbocycles. The highest BCUT2D eigenvalue weighted by Gasteiger charge is 2.28. The largest absolute Gasteiger partial charge is 0.354 e. The first-order chi connectivity index (χ1) is 11.7. The number of aryl methyl sites for hydroxylation is 2. The van der Waals surface area contributed by atoms with Crippen molar-refractivity contribution in [2.45, 2.75) is 32.1 Å². The molecule has 3 heterocycles. The molecule has 1 N–H and O–H groups in total. The van der Waals surface area contributed by atoms with E-state index in [2.05, 4.69) is 25.4 Å². The van der Waals surface area contributed by atoms with Crippen molar-refractivity contribution in [3.8, 4) is 0 Å². The number of carbonyl (C=O) groups excluding carboxylic acids is 1. The number of anilines is 2. The number of thiazole rings is 1. The maximum atomic E-state index is 12.6. The topological polar surface area (TPSA) is 71.0 Å². The standard InChI is InChI=1S/C16H18ClN5OS/c17-13-6-7-14(21-20-13)22-8-2-3-10(9-22)15(23)19-16-18-11-4-1-5-12(11)24-16/h6-7,10H,1-5,8-9H2,(H,18,19,23). The lowest BCUT2D eigenvalue weighted by Gasteiger charge is -2.32. The lowest BCUT2D eigenvalue weighted by Crippen LogP contribution is -2.41. The first kappa shape index (κ1) is 15.8. The minimum absolute atomic E-state index is 0.0500. The van der Waals surface area contributed by atoms with Crippen LogP contribution in [0.2, 0.25) is 5.15 Å². The summed E-state index contributed by atoms with van der Waals surface area (Å²) >= 11 is 7.41. The summed E-state index contributed by atoms with van der Waals surface area (Å²) in [5.41, 5.74) is 1.16. The number of hydrogen-bond donors (Lipinski definition) is 1. The fraction of sp³-hybridized carbons (Fsp3) is 0.500. The van der Waals surface area contributed by atoms with E-state index in [1.54, 1.807) is 17.4 Å². The summed E-state index contributed by atoms with van der Waals surface area (Å²) in [6, 6.07) is 3.58. The average Bonchev–Trinajstić information content (AvgIpc) is 3.17. The number of amides is 1. The molecular weight excluding hydrogens is 346 g/mol. The SMILES string of the molecule is O=C(Nc1nc2c(s1)CCC2)C1CCCN(c2ccc(Cl)nn2)C1. The van der Waals surface area contributed by atoms with Crippen LogP contribution in [-0.4, -0.2) is 34.2 Å². The van der Waals surface area contributed by atoms with Crippen molar-refractivity contribution in [1.82, 2.24) is 15.2 Å². The zero-order chi connectivity index (χ0) is 16.5. The smallest absolute Gasteiger partial charge is 0.231 e. The molecule has 0 saturated carbocycles. The van der Waals surface area contributed by atoms with Crippen LogP contribution in [0.15, 0.2) is 12.1 Å². The number of aromatic nitrogens is 3. The Balaban J connectivity index is 1.41. The van der Waals surface area contributed by atoms with Crippen LogP contribution in [-0.2, 0) is 17.6 Å². The zero-order valence-electron chi connectivity index (χ0n) is 13.2. The van der Waals surface area contributed by atoms with Crippen LogP contribution in [0.3, 0.4) is 0 Å². The van der Waals surface area contributed by atoms with Gasteiger partial charge in [0.2, 0.25) is 5.91 Å². The van der Waals surface area contributed by atoms with Gasteiger partial charge in [-0.3, -0.25) is 4.79 Å². The van der Waals surface area contributed by atoms with Gasteiger partial charge in [0.25, 0.3) is 0 Å². The van der Waals surface area contributed by atoms with Gasteiger partial charge in [-0.25, -0.2) is 4.98 Å². The molecule has 1 aliphatic carbocycles. The van der Waals surface area contributed by atoms with Crippen LogP contribution in [0.4, 0.5) is 10.9 Å². The van der Waals surface area contributed by atoms with E-state index in [1.165, 1.54) is 11.3 Å². The van der Waals surface area contributed by atoms with Gasteiger partial charge in [-0.1, -0.05) is 11.6 Å². The second kappa shape index (κ2) is 6.64. The molecule has 1 amide bonds. The molecule has 2 aliphatic rings. The third-order valence-corrected chi connectivity index (χ3v) is 5.83. The Morgan fingerprint density at radius 1 is 1.29 bits per heavy atom. The van der Waals surface area contributed by atoms with Crippen LogP contribution in [0.5, 0.6) is 0 Å². The fourth-order valence-electron chi connectivity index (χ4n) is 3.33. The van der Waals surface area contributed by atoms with E-state index in [9.17, 15) is 4.79 Å². The molecule has 1 unspecified atom stereocenters. The highest BCUT2D eigenvalue weighted by molar-refractivity contribution is 7.15. The van der Waals surface area contributed by atoms with Gasteiger partial charge in [0.05, 0.1) is 11.6 Å². The van der Waals surface area contributed by atoms with Crippen molar-refractivity contribution >= 4 is 39.8 Å². The molecule has 4 rings (SSSR count). The quantitative estimate of drug-likeness (QED) is 0.907. The summed E-state index contributed by atoms with van der Waals surface area (Å²) in [5.74, 6) is 0.758. The molecule has 0 radical (unpaired) electrons. The summed E-state index contributed by atoms with van der Waals surface area (Å²) in [5, 5.41) is 12.1. The first-order valence-corrected chi connectivity index (χ1v) is 9.42. The summed E-state index contributed by atoms with van der Waals surface area (Å²) < 4.78 is 0. The van der Waals surface area contributed by atoms with Gasteiger partial charge in [0, 0.05) is 18.0 Å². The zero-order valence-corrected chi connectivity index (χ0v) is 14.7. The highest BCUT2D eigenvalue weighted by atomic mass is 35.5. The number of halogens is 1. The Labute approximate surface area is 149 Å². The molecule has 0 spiro atoms. The van der Waals surface area contributed by atoms with E-state index in [0.29, 0.717) is 11.7 Å². The first-order valence-electron chi connectivity index (χ1n) is 8.22. The van der Waals surface area contributed by atoms with Gasteiger partial charge in [-0.05, 0) is 44.2 Å². The molecule has 24 heavy (non-hydrogen) atoms. The molecule has 0 bridgehead atoms. The summed E-state index contributed by atoms with van der Waals surface area (Å²) in [7, 11) is 0. The highest BCUT2D eigenvalue weighted by Crippen LogP contribution is 2.31. The van der Waals surface area contributed by atoms with Crippen LogP contribution >= 0.6 is 22.9 Å².